The van der Waals surface area contributed by atoms with Gasteiger partial charge in [-0.3, -0.25) is 4.79 Å². The van der Waals surface area contributed by atoms with Crippen molar-refractivity contribution < 1.29 is 14.7 Å². The average Bonchev–Trinajstić information content (AvgIpc) is 2.92. The van der Waals surface area contributed by atoms with Crippen LogP contribution in [0.4, 0.5) is 0 Å². The lowest BCUT2D eigenvalue weighted by Crippen LogP contribution is -2.26. The number of aromatic nitrogens is 2. The van der Waals surface area contributed by atoms with Crippen LogP contribution in [0.5, 0.6) is 0 Å². The van der Waals surface area contributed by atoms with Gasteiger partial charge in [-0.15, -0.1) is 0 Å². The zero-order valence-electron chi connectivity index (χ0n) is 10.1. The summed E-state index contributed by atoms with van der Waals surface area (Å²) in [5, 5.41) is 8.79. The second-order valence-corrected chi connectivity index (χ2v) is 4.51. The largest absolute Gasteiger partial charge is 0.478 e. The summed E-state index contributed by atoms with van der Waals surface area (Å²) < 4.78 is 7.66. The standard InChI is InChI=1S/C12H11N3O3S/c1-15(11(16)10-6-13-19-14-10)7-8-2-4-9(5-3-8)12(17)18/h2-6H,7H2,1H3,(H,17,18). The summed E-state index contributed by atoms with van der Waals surface area (Å²) in [4.78, 5) is 24.1. The zero-order chi connectivity index (χ0) is 13.8. The Balaban J connectivity index is 2.04. The summed E-state index contributed by atoms with van der Waals surface area (Å²) in [6.07, 6.45) is 1.43. The molecule has 0 aliphatic rings. The fourth-order valence-corrected chi connectivity index (χ4v) is 1.96. The molecule has 0 saturated carbocycles. The van der Waals surface area contributed by atoms with Crippen molar-refractivity contribution in [3.8, 4) is 0 Å². The van der Waals surface area contributed by atoms with E-state index in [1.54, 1.807) is 19.2 Å². The van der Waals surface area contributed by atoms with Gasteiger partial charge in [-0.25, -0.2) is 4.79 Å². The second-order valence-electron chi connectivity index (χ2n) is 3.96. The molecule has 0 unspecified atom stereocenters. The first-order chi connectivity index (χ1) is 9.08. The molecule has 1 N–H and O–H groups in total. The van der Waals surface area contributed by atoms with Gasteiger partial charge >= 0.3 is 5.97 Å². The van der Waals surface area contributed by atoms with E-state index in [-0.39, 0.29) is 11.5 Å². The normalized spacial score (nSPS) is 10.2. The van der Waals surface area contributed by atoms with Crippen LogP contribution in [0.1, 0.15) is 26.4 Å². The van der Waals surface area contributed by atoms with Crippen LogP contribution < -0.4 is 0 Å². The van der Waals surface area contributed by atoms with Gasteiger partial charge in [-0.05, 0) is 17.7 Å². The summed E-state index contributed by atoms with van der Waals surface area (Å²) in [6.45, 7) is 0.385. The number of aromatic carboxylic acids is 1. The van der Waals surface area contributed by atoms with Crippen LogP contribution in [-0.2, 0) is 6.54 Å². The van der Waals surface area contributed by atoms with Crippen LogP contribution in [0, 0.1) is 0 Å². The van der Waals surface area contributed by atoms with Crippen LogP contribution in [-0.4, -0.2) is 37.7 Å². The third-order valence-electron chi connectivity index (χ3n) is 2.55. The lowest BCUT2D eigenvalue weighted by Gasteiger charge is -2.15. The van der Waals surface area contributed by atoms with Crippen molar-refractivity contribution in [3.63, 3.8) is 0 Å². The van der Waals surface area contributed by atoms with E-state index in [2.05, 4.69) is 8.75 Å². The Hall–Kier alpha value is -2.28. The number of amides is 1. The van der Waals surface area contributed by atoms with E-state index in [0.717, 1.165) is 17.3 Å². The Kier molecular flexibility index (Phi) is 3.86. The van der Waals surface area contributed by atoms with Crippen molar-refractivity contribution >= 4 is 23.6 Å². The highest BCUT2D eigenvalue weighted by atomic mass is 32.1. The smallest absolute Gasteiger partial charge is 0.335 e. The maximum atomic E-state index is 11.9. The van der Waals surface area contributed by atoms with Gasteiger partial charge < -0.3 is 10.0 Å². The Morgan fingerprint density at radius 3 is 2.53 bits per heavy atom. The summed E-state index contributed by atoms with van der Waals surface area (Å²) in [5.41, 5.74) is 1.39. The number of carbonyl (C=O) groups is 2. The molecule has 0 spiro atoms. The SMILES string of the molecule is CN(Cc1ccc(C(=O)O)cc1)C(=O)c1cnsn1. The summed E-state index contributed by atoms with van der Waals surface area (Å²) in [7, 11) is 1.66. The van der Waals surface area contributed by atoms with Crippen LogP contribution in [0.15, 0.2) is 30.5 Å². The minimum atomic E-state index is -0.968. The van der Waals surface area contributed by atoms with Crippen molar-refractivity contribution in [1.29, 1.82) is 0 Å². The highest BCUT2D eigenvalue weighted by Gasteiger charge is 2.14. The van der Waals surface area contributed by atoms with Gasteiger partial charge in [0, 0.05) is 13.6 Å². The van der Waals surface area contributed by atoms with Crippen molar-refractivity contribution in [1.82, 2.24) is 13.6 Å². The number of hydrogen-bond acceptors (Lipinski definition) is 5. The van der Waals surface area contributed by atoms with Crippen molar-refractivity contribution in [2.24, 2.45) is 0 Å². The lowest BCUT2D eigenvalue weighted by atomic mass is 10.1. The molecule has 0 aliphatic heterocycles. The average molecular weight is 277 g/mol. The molecular weight excluding hydrogens is 266 g/mol. The van der Waals surface area contributed by atoms with E-state index in [1.165, 1.54) is 23.2 Å². The molecule has 0 radical (unpaired) electrons. The molecule has 1 heterocycles. The van der Waals surface area contributed by atoms with E-state index in [1.807, 2.05) is 0 Å². The van der Waals surface area contributed by atoms with Crippen LogP contribution >= 0.6 is 11.7 Å². The fraction of sp³-hybridized carbons (Fsp3) is 0.167. The molecule has 0 bridgehead atoms. The molecule has 7 heteroatoms. The molecule has 98 valence electrons. The first kappa shape index (κ1) is 13.2. The molecule has 1 aromatic heterocycles. The fourth-order valence-electron chi connectivity index (χ4n) is 1.55. The van der Waals surface area contributed by atoms with Crippen LogP contribution in [0.25, 0.3) is 0 Å². The molecule has 1 amide bonds. The van der Waals surface area contributed by atoms with Gasteiger partial charge in [0.1, 0.15) is 0 Å². The first-order valence-corrected chi connectivity index (χ1v) is 6.16. The van der Waals surface area contributed by atoms with E-state index in [4.69, 9.17) is 5.11 Å². The predicted molar refractivity (Wildman–Crippen MR) is 69.1 cm³/mol. The number of carbonyl (C=O) groups excluding carboxylic acids is 1. The molecule has 6 nitrogen and oxygen atoms in total. The number of benzene rings is 1. The van der Waals surface area contributed by atoms with E-state index >= 15 is 0 Å². The van der Waals surface area contributed by atoms with E-state index < -0.39 is 5.97 Å². The highest BCUT2D eigenvalue weighted by molar-refractivity contribution is 6.99. The van der Waals surface area contributed by atoms with Gasteiger partial charge in [0.2, 0.25) is 0 Å². The Morgan fingerprint density at radius 2 is 2.00 bits per heavy atom. The lowest BCUT2D eigenvalue weighted by molar-refractivity contribution is 0.0695. The molecular formula is C12H11N3O3S. The maximum Gasteiger partial charge on any atom is 0.335 e. The Bertz CT molecular complexity index is 581. The maximum absolute atomic E-state index is 11.9. The number of rotatable bonds is 4. The summed E-state index contributed by atoms with van der Waals surface area (Å²) in [5.74, 6) is -1.18. The van der Waals surface area contributed by atoms with Gasteiger partial charge in [0.15, 0.2) is 5.69 Å². The zero-order valence-corrected chi connectivity index (χ0v) is 10.9. The molecule has 0 saturated heterocycles. The van der Waals surface area contributed by atoms with Gasteiger partial charge in [-0.2, -0.15) is 8.75 Å². The molecule has 19 heavy (non-hydrogen) atoms. The van der Waals surface area contributed by atoms with E-state index in [9.17, 15) is 9.59 Å². The number of hydrogen-bond donors (Lipinski definition) is 1. The minimum absolute atomic E-state index is 0.212. The van der Waals surface area contributed by atoms with Crippen molar-refractivity contribution in [3.05, 3.63) is 47.3 Å². The van der Waals surface area contributed by atoms with E-state index in [0.29, 0.717) is 12.2 Å². The highest BCUT2D eigenvalue weighted by Crippen LogP contribution is 2.09. The molecule has 2 aromatic rings. The summed E-state index contributed by atoms with van der Waals surface area (Å²) >= 11 is 0.984. The molecule has 1 aromatic carbocycles. The molecule has 0 aliphatic carbocycles. The Labute approximate surface area is 113 Å². The third kappa shape index (κ3) is 3.14. The quantitative estimate of drug-likeness (QED) is 0.915. The Morgan fingerprint density at radius 1 is 1.32 bits per heavy atom. The molecule has 0 fully saturated rings. The van der Waals surface area contributed by atoms with Crippen LogP contribution in [0.3, 0.4) is 0 Å². The monoisotopic (exact) mass is 277 g/mol. The number of carboxylic acid groups (broad SMARTS) is 1. The third-order valence-corrected chi connectivity index (χ3v) is 3.03. The van der Waals surface area contributed by atoms with Crippen molar-refractivity contribution in [2.45, 2.75) is 6.54 Å². The molecule has 2 rings (SSSR count). The number of carboxylic acids is 1. The van der Waals surface area contributed by atoms with Gasteiger partial charge in [-0.1, -0.05) is 12.1 Å². The summed E-state index contributed by atoms with van der Waals surface area (Å²) in [6, 6.07) is 6.40. The van der Waals surface area contributed by atoms with Crippen molar-refractivity contribution in [2.75, 3.05) is 7.05 Å². The van der Waals surface area contributed by atoms with Crippen LogP contribution in [0.2, 0.25) is 0 Å². The van der Waals surface area contributed by atoms with Gasteiger partial charge in [0.05, 0.1) is 23.5 Å². The molecule has 0 atom stereocenters. The minimum Gasteiger partial charge on any atom is -0.478 e. The van der Waals surface area contributed by atoms with Gasteiger partial charge in [0.25, 0.3) is 5.91 Å². The second kappa shape index (κ2) is 5.57. The predicted octanol–water partition coefficient (Wildman–Crippen LogP) is 1.51. The first-order valence-electron chi connectivity index (χ1n) is 5.43. The topological polar surface area (TPSA) is 83.4 Å². The number of nitrogens with zero attached hydrogens (tertiary/aromatic N) is 3.